The van der Waals surface area contributed by atoms with Crippen LogP contribution in [-0.2, 0) is 11.3 Å². The highest BCUT2D eigenvalue weighted by atomic mass is 127. The van der Waals surface area contributed by atoms with Gasteiger partial charge in [0.1, 0.15) is 5.82 Å². The molecule has 0 atom stereocenters. The summed E-state index contributed by atoms with van der Waals surface area (Å²) in [6, 6.07) is 5.14. The first-order chi connectivity index (χ1) is 10.7. The van der Waals surface area contributed by atoms with Crippen molar-refractivity contribution in [1.82, 2.24) is 10.6 Å². The largest absolute Gasteiger partial charge is 0.377 e. The molecule has 0 bridgehead atoms. The van der Waals surface area contributed by atoms with Gasteiger partial charge in [-0.15, -0.1) is 24.0 Å². The highest BCUT2D eigenvalue weighted by Gasteiger charge is 2.05. The van der Waals surface area contributed by atoms with Gasteiger partial charge >= 0.3 is 0 Å². The van der Waals surface area contributed by atoms with Gasteiger partial charge in [-0.05, 0) is 37.0 Å². The molecule has 6 heteroatoms. The molecule has 1 aliphatic rings. The summed E-state index contributed by atoms with van der Waals surface area (Å²) in [5.41, 5.74) is 3.13. The van der Waals surface area contributed by atoms with Crippen molar-refractivity contribution >= 4 is 29.9 Å². The van der Waals surface area contributed by atoms with Crippen LogP contribution in [0.25, 0.3) is 0 Å². The van der Waals surface area contributed by atoms with E-state index in [4.69, 9.17) is 4.74 Å². The van der Waals surface area contributed by atoms with Crippen molar-refractivity contribution in [2.75, 3.05) is 26.8 Å². The fourth-order valence-corrected chi connectivity index (χ4v) is 2.36. The van der Waals surface area contributed by atoms with E-state index in [2.05, 4.69) is 21.7 Å². The number of nitrogens with zero attached hydrogens (tertiary/aromatic N) is 1. The number of hydrogen-bond donors (Lipinski definition) is 2. The maximum absolute atomic E-state index is 13.2. The van der Waals surface area contributed by atoms with E-state index in [9.17, 15) is 4.39 Å². The third-order valence-electron chi connectivity index (χ3n) is 3.70. The second-order valence-corrected chi connectivity index (χ2v) is 5.37. The fourth-order valence-electron chi connectivity index (χ4n) is 2.36. The molecule has 0 aromatic heterocycles. The highest BCUT2D eigenvalue weighted by Crippen LogP contribution is 2.11. The third-order valence-corrected chi connectivity index (χ3v) is 3.70. The fraction of sp³-hybridized carbons (Fsp3) is 0.471. The molecule has 0 unspecified atom stereocenters. The van der Waals surface area contributed by atoms with Crippen LogP contribution in [-0.4, -0.2) is 32.8 Å². The Balaban J connectivity index is 0.00000264. The zero-order valence-corrected chi connectivity index (χ0v) is 16.0. The zero-order valence-electron chi connectivity index (χ0n) is 13.7. The number of aliphatic imine (C=N–C) groups is 1. The molecule has 1 aliphatic heterocycles. The zero-order chi connectivity index (χ0) is 15.8. The molecule has 2 N–H and O–H groups in total. The van der Waals surface area contributed by atoms with Crippen LogP contribution in [0.2, 0.25) is 0 Å². The van der Waals surface area contributed by atoms with E-state index in [1.54, 1.807) is 20.0 Å². The molecule has 1 aromatic carbocycles. The quantitative estimate of drug-likeness (QED) is 0.325. The average molecular weight is 433 g/mol. The van der Waals surface area contributed by atoms with E-state index >= 15 is 0 Å². The standard InChI is InChI=1S/C17H24FN3O.HI/c1-13-11-15(3-4-16(13)18)12-21-17(19-2)20-8-5-14-6-9-22-10-7-14;/h3-4,6,11H,5,7-10,12H2,1-2H3,(H2,19,20,21);1H. The van der Waals surface area contributed by atoms with Crippen LogP contribution in [0.4, 0.5) is 4.39 Å². The van der Waals surface area contributed by atoms with E-state index in [-0.39, 0.29) is 29.8 Å². The van der Waals surface area contributed by atoms with Crippen molar-refractivity contribution in [3.63, 3.8) is 0 Å². The Morgan fingerprint density at radius 2 is 2.17 bits per heavy atom. The van der Waals surface area contributed by atoms with Crippen LogP contribution < -0.4 is 10.6 Å². The predicted octanol–water partition coefficient (Wildman–Crippen LogP) is 3.15. The van der Waals surface area contributed by atoms with E-state index in [0.29, 0.717) is 12.1 Å². The Bertz CT molecular complexity index is 561. The molecule has 0 radical (unpaired) electrons. The van der Waals surface area contributed by atoms with Crippen LogP contribution in [0.15, 0.2) is 34.8 Å². The van der Waals surface area contributed by atoms with Gasteiger partial charge in [0.25, 0.3) is 0 Å². The summed E-state index contributed by atoms with van der Waals surface area (Å²) in [6.07, 6.45) is 4.17. The van der Waals surface area contributed by atoms with E-state index < -0.39 is 0 Å². The molecule has 4 nitrogen and oxygen atoms in total. The lowest BCUT2D eigenvalue weighted by atomic mass is 10.1. The number of hydrogen-bond acceptors (Lipinski definition) is 2. The van der Waals surface area contributed by atoms with Crippen molar-refractivity contribution in [1.29, 1.82) is 0 Å². The third kappa shape index (κ3) is 6.87. The first kappa shape index (κ1) is 19.9. The summed E-state index contributed by atoms with van der Waals surface area (Å²) in [6.45, 7) is 4.79. The van der Waals surface area contributed by atoms with E-state index in [1.165, 1.54) is 11.6 Å². The number of halogens is 2. The lowest BCUT2D eigenvalue weighted by Gasteiger charge is -2.15. The first-order valence-electron chi connectivity index (χ1n) is 7.64. The Hall–Kier alpha value is -1.15. The molecule has 0 saturated heterocycles. The topological polar surface area (TPSA) is 45.7 Å². The summed E-state index contributed by atoms with van der Waals surface area (Å²) in [7, 11) is 1.75. The normalized spacial score (nSPS) is 14.7. The SMILES string of the molecule is CN=C(NCCC1=CCOCC1)NCc1ccc(F)c(C)c1.I. The van der Waals surface area contributed by atoms with Gasteiger partial charge in [-0.25, -0.2) is 4.39 Å². The minimum atomic E-state index is -0.170. The van der Waals surface area contributed by atoms with Gasteiger partial charge in [-0.2, -0.15) is 0 Å². The van der Waals surface area contributed by atoms with Crippen LogP contribution in [0.1, 0.15) is 24.0 Å². The Morgan fingerprint density at radius 1 is 1.35 bits per heavy atom. The van der Waals surface area contributed by atoms with Gasteiger partial charge in [-0.1, -0.05) is 23.8 Å². The van der Waals surface area contributed by atoms with Crippen LogP contribution in [0.3, 0.4) is 0 Å². The number of aryl methyl sites for hydroxylation is 1. The summed E-state index contributed by atoms with van der Waals surface area (Å²) in [4.78, 5) is 4.20. The monoisotopic (exact) mass is 433 g/mol. The van der Waals surface area contributed by atoms with Crippen molar-refractivity contribution < 1.29 is 9.13 Å². The lowest BCUT2D eigenvalue weighted by molar-refractivity contribution is 0.153. The summed E-state index contributed by atoms with van der Waals surface area (Å²) < 4.78 is 18.5. The summed E-state index contributed by atoms with van der Waals surface area (Å²) in [5.74, 6) is 0.589. The number of rotatable bonds is 5. The molecule has 1 aromatic rings. The van der Waals surface area contributed by atoms with Crippen LogP contribution >= 0.6 is 24.0 Å². The molecule has 0 fully saturated rings. The van der Waals surface area contributed by atoms with Gasteiger partial charge in [0.15, 0.2) is 5.96 Å². The van der Waals surface area contributed by atoms with Crippen LogP contribution in [0.5, 0.6) is 0 Å². The Kier molecular flexibility index (Phi) is 9.16. The van der Waals surface area contributed by atoms with Gasteiger partial charge in [-0.3, -0.25) is 4.99 Å². The van der Waals surface area contributed by atoms with Crippen LogP contribution in [0, 0.1) is 12.7 Å². The van der Waals surface area contributed by atoms with Gasteiger partial charge < -0.3 is 15.4 Å². The van der Waals surface area contributed by atoms with E-state index in [0.717, 1.165) is 44.1 Å². The van der Waals surface area contributed by atoms with Gasteiger partial charge in [0, 0.05) is 20.1 Å². The number of nitrogens with one attached hydrogen (secondary N) is 2. The highest BCUT2D eigenvalue weighted by molar-refractivity contribution is 14.0. The summed E-state index contributed by atoms with van der Waals surface area (Å²) in [5, 5.41) is 6.54. The smallest absolute Gasteiger partial charge is 0.191 e. The molecule has 0 aliphatic carbocycles. The average Bonchev–Trinajstić information content (AvgIpc) is 2.55. The molecule has 0 spiro atoms. The Morgan fingerprint density at radius 3 is 2.83 bits per heavy atom. The molecule has 2 rings (SSSR count). The lowest BCUT2D eigenvalue weighted by Crippen LogP contribution is -2.37. The summed E-state index contributed by atoms with van der Waals surface area (Å²) >= 11 is 0. The van der Waals surface area contributed by atoms with Gasteiger partial charge in [0.2, 0.25) is 0 Å². The van der Waals surface area contributed by atoms with Crippen molar-refractivity contribution in [3.8, 4) is 0 Å². The molecule has 23 heavy (non-hydrogen) atoms. The molecule has 1 heterocycles. The Labute approximate surface area is 154 Å². The maximum Gasteiger partial charge on any atom is 0.191 e. The maximum atomic E-state index is 13.2. The molecular weight excluding hydrogens is 408 g/mol. The number of benzene rings is 1. The molecule has 128 valence electrons. The minimum Gasteiger partial charge on any atom is -0.377 e. The molecule has 0 saturated carbocycles. The number of ether oxygens (including phenoxy) is 1. The molecule has 0 amide bonds. The van der Waals surface area contributed by atoms with Gasteiger partial charge in [0.05, 0.1) is 13.2 Å². The second kappa shape index (κ2) is 10.6. The predicted molar refractivity (Wildman–Crippen MR) is 103 cm³/mol. The first-order valence-corrected chi connectivity index (χ1v) is 7.64. The van der Waals surface area contributed by atoms with Crippen molar-refractivity contribution in [3.05, 3.63) is 46.8 Å². The van der Waals surface area contributed by atoms with E-state index in [1.807, 2.05) is 6.07 Å². The number of guanidine groups is 1. The van der Waals surface area contributed by atoms with Crippen molar-refractivity contribution in [2.24, 2.45) is 4.99 Å². The second-order valence-electron chi connectivity index (χ2n) is 5.37. The molecular formula is C17H25FIN3O. The minimum absolute atomic E-state index is 0. The van der Waals surface area contributed by atoms with Crippen molar-refractivity contribution in [2.45, 2.75) is 26.3 Å².